The molecule has 0 heterocycles. The molecule has 1 fully saturated rings. The van der Waals surface area contributed by atoms with E-state index in [4.69, 9.17) is 4.74 Å². The lowest BCUT2D eigenvalue weighted by atomic mass is 9.78. The van der Waals surface area contributed by atoms with Crippen molar-refractivity contribution in [3.63, 3.8) is 0 Å². The average molecular weight is 298 g/mol. The minimum absolute atomic E-state index is 0.0293. The maximum Gasteiger partial charge on any atom is 0.200 e. The van der Waals surface area contributed by atoms with Crippen LogP contribution in [0, 0.1) is 17.6 Å². The van der Waals surface area contributed by atoms with Gasteiger partial charge in [-0.25, -0.2) is 8.78 Å². The SMILES string of the molecule is CCOc1ccc(C2CCC(/C=C/CF)CC2)c(F)c1F. The fourth-order valence-corrected chi connectivity index (χ4v) is 3.00. The fraction of sp³-hybridized carbons (Fsp3) is 0.529. The Labute approximate surface area is 123 Å². The van der Waals surface area contributed by atoms with Crippen molar-refractivity contribution < 1.29 is 17.9 Å². The third-order valence-electron chi connectivity index (χ3n) is 4.09. The van der Waals surface area contributed by atoms with Crippen LogP contribution < -0.4 is 4.74 Å². The Morgan fingerprint density at radius 2 is 1.86 bits per heavy atom. The Bertz CT molecular complexity index is 491. The Morgan fingerprint density at radius 1 is 1.14 bits per heavy atom. The highest BCUT2D eigenvalue weighted by atomic mass is 19.2. The van der Waals surface area contributed by atoms with Crippen molar-refractivity contribution in [3.8, 4) is 5.75 Å². The molecule has 0 aliphatic heterocycles. The van der Waals surface area contributed by atoms with Gasteiger partial charge in [-0.2, -0.15) is 4.39 Å². The van der Waals surface area contributed by atoms with Crippen LogP contribution >= 0.6 is 0 Å². The molecule has 2 rings (SSSR count). The molecule has 1 aliphatic rings. The van der Waals surface area contributed by atoms with Crippen molar-refractivity contribution in [1.29, 1.82) is 0 Å². The van der Waals surface area contributed by atoms with E-state index in [1.807, 2.05) is 6.08 Å². The molecule has 0 aromatic heterocycles. The lowest BCUT2D eigenvalue weighted by Crippen LogP contribution is -2.14. The molecule has 0 unspecified atom stereocenters. The number of rotatable bonds is 5. The van der Waals surface area contributed by atoms with Crippen LogP contribution in [0.15, 0.2) is 24.3 Å². The minimum Gasteiger partial charge on any atom is -0.491 e. The van der Waals surface area contributed by atoms with Crippen molar-refractivity contribution in [1.82, 2.24) is 0 Å². The van der Waals surface area contributed by atoms with Crippen molar-refractivity contribution in [2.24, 2.45) is 5.92 Å². The Morgan fingerprint density at radius 3 is 2.48 bits per heavy atom. The summed E-state index contributed by atoms with van der Waals surface area (Å²) in [5.74, 6) is -1.33. The van der Waals surface area contributed by atoms with Crippen molar-refractivity contribution in [3.05, 3.63) is 41.5 Å². The van der Waals surface area contributed by atoms with Crippen molar-refractivity contribution in [2.75, 3.05) is 13.3 Å². The standard InChI is InChI=1S/C17H21F3O/c1-2-21-15-10-9-14(16(19)17(15)20)13-7-5-12(6-8-13)4-3-11-18/h3-4,9-10,12-13H,2,5-8,11H2,1H3/b4-3+. The van der Waals surface area contributed by atoms with Gasteiger partial charge in [0, 0.05) is 0 Å². The monoisotopic (exact) mass is 298 g/mol. The molecule has 0 saturated heterocycles. The predicted octanol–water partition coefficient (Wildman–Crippen LogP) is 5.16. The zero-order chi connectivity index (χ0) is 15.2. The molecule has 0 spiro atoms. The van der Waals surface area contributed by atoms with E-state index in [-0.39, 0.29) is 11.7 Å². The number of benzene rings is 1. The number of alkyl halides is 1. The molecule has 0 radical (unpaired) electrons. The van der Waals surface area contributed by atoms with E-state index in [0.29, 0.717) is 18.1 Å². The Kier molecular flexibility index (Phi) is 5.71. The van der Waals surface area contributed by atoms with Crippen molar-refractivity contribution in [2.45, 2.75) is 38.5 Å². The molecule has 1 aromatic carbocycles. The number of allylic oxidation sites excluding steroid dienone is 2. The Hall–Kier alpha value is -1.45. The summed E-state index contributed by atoms with van der Waals surface area (Å²) in [6, 6.07) is 3.14. The zero-order valence-corrected chi connectivity index (χ0v) is 12.2. The maximum atomic E-state index is 14.2. The Balaban J connectivity index is 2.07. The first-order valence-electron chi connectivity index (χ1n) is 7.50. The summed E-state index contributed by atoms with van der Waals surface area (Å²) in [6.45, 7) is 1.60. The van der Waals surface area contributed by atoms with Crippen LogP contribution in [0.1, 0.15) is 44.1 Å². The second kappa shape index (κ2) is 7.53. The molecule has 1 nitrogen and oxygen atoms in total. The number of hydrogen-bond donors (Lipinski definition) is 0. The quantitative estimate of drug-likeness (QED) is 0.682. The third-order valence-corrected chi connectivity index (χ3v) is 4.09. The van der Waals surface area contributed by atoms with Crippen LogP contribution in [-0.2, 0) is 0 Å². The van der Waals surface area contributed by atoms with Gasteiger partial charge >= 0.3 is 0 Å². The van der Waals surface area contributed by atoms with E-state index in [0.717, 1.165) is 25.7 Å². The van der Waals surface area contributed by atoms with E-state index in [9.17, 15) is 13.2 Å². The van der Waals surface area contributed by atoms with Gasteiger partial charge in [0.1, 0.15) is 6.67 Å². The summed E-state index contributed by atoms with van der Waals surface area (Å²) in [7, 11) is 0. The van der Waals surface area contributed by atoms with Crippen LogP contribution in [-0.4, -0.2) is 13.3 Å². The molecule has 1 aromatic rings. The molecule has 0 N–H and O–H groups in total. The molecule has 0 amide bonds. The number of hydrogen-bond acceptors (Lipinski definition) is 1. The van der Waals surface area contributed by atoms with Gasteiger partial charge in [-0.15, -0.1) is 0 Å². The van der Waals surface area contributed by atoms with Crippen LogP contribution in [0.25, 0.3) is 0 Å². The predicted molar refractivity (Wildman–Crippen MR) is 77.3 cm³/mol. The topological polar surface area (TPSA) is 9.23 Å². The third kappa shape index (κ3) is 3.80. The summed E-state index contributed by atoms with van der Waals surface area (Å²) in [6.07, 6.45) is 6.79. The van der Waals surface area contributed by atoms with Gasteiger partial charge in [0.15, 0.2) is 11.6 Å². The first kappa shape index (κ1) is 15.9. The largest absolute Gasteiger partial charge is 0.491 e. The van der Waals surface area contributed by atoms with E-state index in [1.54, 1.807) is 13.0 Å². The van der Waals surface area contributed by atoms with Gasteiger partial charge in [0.2, 0.25) is 5.82 Å². The maximum absolute atomic E-state index is 14.2. The van der Waals surface area contributed by atoms with Crippen LogP contribution in [0.4, 0.5) is 13.2 Å². The lowest BCUT2D eigenvalue weighted by Gasteiger charge is -2.27. The molecule has 21 heavy (non-hydrogen) atoms. The van der Waals surface area contributed by atoms with E-state index in [1.165, 1.54) is 12.1 Å². The molecule has 116 valence electrons. The highest BCUT2D eigenvalue weighted by Crippen LogP contribution is 2.38. The second-order valence-electron chi connectivity index (χ2n) is 5.41. The first-order valence-corrected chi connectivity index (χ1v) is 7.50. The minimum atomic E-state index is -0.895. The second-order valence-corrected chi connectivity index (χ2v) is 5.41. The molecule has 4 heteroatoms. The molecule has 1 aliphatic carbocycles. The number of halogens is 3. The van der Waals surface area contributed by atoms with Crippen LogP contribution in [0.3, 0.4) is 0 Å². The van der Waals surface area contributed by atoms with Crippen LogP contribution in [0.2, 0.25) is 0 Å². The van der Waals surface area contributed by atoms with Gasteiger partial charge in [-0.3, -0.25) is 0 Å². The van der Waals surface area contributed by atoms with Gasteiger partial charge < -0.3 is 4.74 Å². The summed E-state index contributed by atoms with van der Waals surface area (Å²) in [5.41, 5.74) is 0.434. The summed E-state index contributed by atoms with van der Waals surface area (Å²) in [4.78, 5) is 0. The summed E-state index contributed by atoms with van der Waals surface area (Å²) < 4.78 is 45.2. The van der Waals surface area contributed by atoms with E-state index in [2.05, 4.69) is 0 Å². The highest BCUT2D eigenvalue weighted by Gasteiger charge is 2.25. The van der Waals surface area contributed by atoms with Crippen molar-refractivity contribution >= 4 is 0 Å². The number of ether oxygens (including phenoxy) is 1. The zero-order valence-electron chi connectivity index (χ0n) is 12.2. The molecule has 1 saturated carbocycles. The average Bonchev–Trinajstić information content (AvgIpc) is 2.51. The van der Waals surface area contributed by atoms with Gasteiger partial charge in [-0.1, -0.05) is 18.2 Å². The molecule has 0 atom stereocenters. The lowest BCUT2D eigenvalue weighted by molar-refractivity contribution is 0.310. The first-order chi connectivity index (χ1) is 10.2. The van der Waals surface area contributed by atoms with Crippen LogP contribution in [0.5, 0.6) is 5.75 Å². The molecular weight excluding hydrogens is 277 g/mol. The van der Waals surface area contributed by atoms with Gasteiger partial charge in [0.05, 0.1) is 6.61 Å². The molecule has 0 bridgehead atoms. The van der Waals surface area contributed by atoms with Gasteiger partial charge in [-0.05, 0) is 56.1 Å². The molecular formula is C17H21F3O. The van der Waals surface area contributed by atoms with Gasteiger partial charge in [0.25, 0.3) is 0 Å². The highest BCUT2D eigenvalue weighted by molar-refractivity contribution is 5.33. The smallest absolute Gasteiger partial charge is 0.200 e. The van der Waals surface area contributed by atoms with E-state index >= 15 is 0 Å². The summed E-state index contributed by atoms with van der Waals surface area (Å²) >= 11 is 0. The fourth-order valence-electron chi connectivity index (χ4n) is 3.00. The van der Waals surface area contributed by atoms with E-state index < -0.39 is 18.3 Å². The summed E-state index contributed by atoms with van der Waals surface area (Å²) in [5, 5.41) is 0. The normalized spacial score (nSPS) is 22.7.